The highest BCUT2D eigenvalue weighted by Gasteiger charge is 2.15. The van der Waals surface area contributed by atoms with Crippen molar-refractivity contribution in [3.8, 4) is 5.75 Å². The normalized spacial score (nSPS) is 12.0. The first-order valence-electron chi connectivity index (χ1n) is 4.99. The second kappa shape index (κ2) is 6.58. The van der Waals surface area contributed by atoms with Gasteiger partial charge in [-0.25, -0.2) is 0 Å². The van der Waals surface area contributed by atoms with Crippen molar-refractivity contribution in [3.05, 3.63) is 22.7 Å². The highest BCUT2D eigenvalue weighted by Crippen LogP contribution is 2.27. The van der Waals surface area contributed by atoms with Gasteiger partial charge >= 0.3 is 0 Å². The van der Waals surface area contributed by atoms with Crippen molar-refractivity contribution in [3.63, 3.8) is 0 Å². The minimum absolute atomic E-state index is 0.139. The van der Waals surface area contributed by atoms with Gasteiger partial charge in [0.1, 0.15) is 11.9 Å². The lowest BCUT2D eigenvalue weighted by molar-refractivity contribution is -0.125. The number of nitrogens with one attached hydrogen (secondary N) is 1. The van der Waals surface area contributed by atoms with Gasteiger partial charge in [-0.1, -0.05) is 0 Å². The average Bonchev–Trinajstić information content (AvgIpc) is 2.31. The number of nitrogens with two attached hydrogens (primary N) is 1. The Morgan fingerprint density at radius 3 is 2.71 bits per heavy atom. The number of benzene rings is 1. The Kier molecular flexibility index (Phi) is 5.40. The lowest BCUT2D eigenvalue weighted by Crippen LogP contribution is -2.35. The summed E-state index contributed by atoms with van der Waals surface area (Å²) in [5.74, 6) is 0.428. The number of hydrogen-bond donors (Lipinski definition) is 2. The summed E-state index contributed by atoms with van der Waals surface area (Å²) in [5.41, 5.74) is 6.05. The van der Waals surface area contributed by atoms with E-state index in [-0.39, 0.29) is 12.5 Å². The number of rotatable bonds is 5. The summed E-state index contributed by atoms with van der Waals surface area (Å²) in [5, 5.41) is 2.71. The molecule has 5 nitrogen and oxygen atoms in total. The van der Waals surface area contributed by atoms with E-state index in [1.807, 2.05) is 0 Å². The van der Waals surface area contributed by atoms with E-state index >= 15 is 0 Å². The van der Waals surface area contributed by atoms with E-state index in [0.29, 0.717) is 11.4 Å². The van der Waals surface area contributed by atoms with E-state index in [9.17, 15) is 4.79 Å². The van der Waals surface area contributed by atoms with E-state index in [1.165, 1.54) is 7.11 Å². The number of anilines is 1. The van der Waals surface area contributed by atoms with Crippen LogP contribution in [0.25, 0.3) is 0 Å². The molecular weight excluding hydrogens is 288 g/mol. The first kappa shape index (κ1) is 14.0. The first-order chi connectivity index (χ1) is 8.12. The van der Waals surface area contributed by atoms with Crippen molar-refractivity contribution in [2.75, 3.05) is 26.1 Å². The van der Waals surface area contributed by atoms with E-state index in [4.69, 9.17) is 15.2 Å². The van der Waals surface area contributed by atoms with Crippen molar-refractivity contribution < 1.29 is 14.3 Å². The summed E-state index contributed by atoms with van der Waals surface area (Å²) in [6.07, 6.45) is -0.643. The number of ether oxygens (including phenoxy) is 2. The van der Waals surface area contributed by atoms with Crippen LogP contribution >= 0.6 is 15.9 Å². The molecule has 0 saturated carbocycles. The van der Waals surface area contributed by atoms with Gasteiger partial charge in [0, 0.05) is 19.3 Å². The standard InChI is InChI=1S/C11H15BrN2O3/c1-16-9-4-3-7(5-8(9)12)14-11(15)10(6-13)17-2/h3-5,10H,6,13H2,1-2H3,(H,14,15). The van der Waals surface area contributed by atoms with Crippen LogP contribution in [-0.4, -0.2) is 32.8 Å². The van der Waals surface area contributed by atoms with Crippen molar-refractivity contribution in [1.82, 2.24) is 0 Å². The molecule has 6 heteroatoms. The van der Waals surface area contributed by atoms with Crippen LogP contribution < -0.4 is 15.8 Å². The molecule has 0 bridgehead atoms. The van der Waals surface area contributed by atoms with Gasteiger partial charge < -0.3 is 20.5 Å². The molecule has 0 heterocycles. The second-order valence-electron chi connectivity index (χ2n) is 3.30. The third-order valence-corrected chi connectivity index (χ3v) is 2.83. The molecule has 94 valence electrons. The molecule has 0 aliphatic carbocycles. The Bertz CT molecular complexity index is 394. The summed E-state index contributed by atoms with van der Waals surface area (Å²) in [6.45, 7) is 0.139. The van der Waals surface area contributed by atoms with Crippen molar-refractivity contribution >= 4 is 27.5 Å². The fourth-order valence-corrected chi connectivity index (χ4v) is 1.82. The molecule has 0 aliphatic rings. The zero-order valence-corrected chi connectivity index (χ0v) is 11.3. The Morgan fingerprint density at radius 2 is 2.24 bits per heavy atom. The number of carbonyl (C=O) groups is 1. The van der Waals surface area contributed by atoms with Crippen LogP contribution in [-0.2, 0) is 9.53 Å². The van der Waals surface area contributed by atoms with Gasteiger partial charge in [0.2, 0.25) is 0 Å². The van der Waals surface area contributed by atoms with Gasteiger partial charge in [-0.3, -0.25) is 4.79 Å². The van der Waals surface area contributed by atoms with Crippen LogP contribution in [0.1, 0.15) is 0 Å². The number of amides is 1. The van der Waals surface area contributed by atoms with Crippen LogP contribution in [0.5, 0.6) is 5.75 Å². The topological polar surface area (TPSA) is 73.6 Å². The number of halogens is 1. The van der Waals surface area contributed by atoms with Gasteiger partial charge in [0.15, 0.2) is 0 Å². The van der Waals surface area contributed by atoms with Gasteiger partial charge in [-0.2, -0.15) is 0 Å². The fraction of sp³-hybridized carbons (Fsp3) is 0.364. The Labute approximate surface area is 108 Å². The van der Waals surface area contributed by atoms with Crippen molar-refractivity contribution in [1.29, 1.82) is 0 Å². The van der Waals surface area contributed by atoms with Gasteiger partial charge in [-0.15, -0.1) is 0 Å². The van der Waals surface area contributed by atoms with E-state index < -0.39 is 6.10 Å². The molecule has 0 radical (unpaired) electrons. The molecule has 17 heavy (non-hydrogen) atoms. The predicted octanol–water partition coefficient (Wildman–Crippen LogP) is 1.37. The highest BCUT2D eigenvalue weighted by molar-refractivity contribution is 9.10. The Hall–Kier alpha value is -1.11. The number of carbonyl (C=O) groups excluding carboxylic acids is 1. The maximum Gasteiger partial charge on any atom is 0.254 e. The molecule has 0 fully saturated rings. The van der Waals surface area contributed by atoms with E-state index in [1.54, 1.807) is 25.3 Å². The molecule has 1 aromatic carbocycles. The van der Waals surface area contributed by atoms with E-state index in [2.05, 4.69) is 21.2 Å². The van der Waals surface area contributed by atoms with Crippen molar-refractivity contribution in [2.45, 2.75) is 6.10 Å². The molecule has 0 aromatic heterocycles. The van der Waals surface area contributed by atoms with Crippen LogP contribution in [0.3, 0.4) is 0 Å². The summed E-state index contributed by atoms with van der Waals surface area (Å²) in [6, 6.07) is 5.24. The van der Waals surface area contributed by atoms with Crippen LogP contribution in [0.15, 0.2) is 22.7 Å². The lowest BCUT2D eigenvalue weighted by atomic mass is 10.2. The SMILES string of the molecule is COc1ccc(NC(=O)C(CN)OC)cc1Br. The van der Waals surface area contributed by atoms with Gasteiger partial charge in [0.25, 0.3) is 5.91 Å². The fourth-order valence-electron chi connectivity index (χ4n) is 1.28. The lowest BCUT2D eigenvalue weighted by Gasteiger charge is -2.13. The molecule has 1 rings (SSSR count). The van der Waals surface area contributed by atoms with E-state index in [0.717, 1.165) is 4.47 Å². The van der Waals surface area contributed by atoms with Crippen LogP contribution in [0.2, 0.25) is 0 Å². The number of hydrogen-bond acceptors (Lipinski definition) is 4. The quantitative estimate of drug-likeness (QED) is 0.861. The Balaban J connectivity index is 2.75. The molecule has 0 aliphatic heterocycles. The molecule has 1 amide bonds. The summed E-state index contributed by atoms with van der Waals surface area (Å²) >= 11 is 3.34. The minimum atomic E-state index is -0.643. The summed E-state index contributed by atoms with van der Waals surface area (Å²) < 4.78 is 10.8. The van der Waals surface area contributed by atoms with Crippen molar-refractivity contribution in [2.24, 2.45) is 5.73 Å². The van der Waals surface area contributed by atoms with Gasteiger partial charge in [-0.05, 0) is 34.1 Å². The third kappa shape index (κ3) is 3.69. The second-order valence-corrected chi connectivity index (χ2v) is 4.15. The zero-order valence-electron chi connectivity index (χ0n) is 9.70. The summed E-state index contributed by atoms with van der Waals surface area (Å²) in [7, 11) is 3.02. The average molecular weight is 303 g/mol. The Morgan fingerprint density at radius 1 is 1.53 bits per heavy atom. The molecule has 1 atom stereocenters. The molecule has 1 unspecified atom stereocenters. The molecular formula is C11H15BrN2O3. The smallest absolute Gasteiger partial charge is 0.254 e. The first-order valence-corrected chi connectivity index (χ1v) is 5.79. The summed E-state index contributed by atoms with van der Waals surface area (Å²) in [4.78, 5) is 11.7. The zero-order chi connectivity index (χ0) is 12.8. The molecule has 0 spiro atoms. The van der Waals surface area contributed by atoms with Gasteiger partial charge in [0.05, 0.1) is 11.6 Å². The largest absolute Gasteiger partial charge is 0.496 e. The molecule has 1 aromatic rings. The molecule has 0 saturated heterocycles. The highest BCUT2D eigenvalue weighted by atomic mass is 79.9. The predicted molar refractivity (Wildman–Crippen MR) is 69.2 cm³/mol. The molecule has 3 N–H and O–H groups in total. The number of methoxy groups -OCH3 is 2. The minimum Gasteiger partial charge on any atom is -0.496 e. The maximum absolute atomic E-state index is 11.7. The monoisotopic (exact) mass is 302 g/mol. The third-order valence-electron chi connectivity index (χ3n) is 2.21. The van der Waals surface area contributed by atoms with Crippen LogP contribution in [0.4, 0.5) is 5.69 Å². The van der Waals surface area contributed by atoms with Crippen LogP contribution in [0, 0.1) is 0 Å². The maximum atomic E-state index is 11.7.